The summed E-state index contributed by atoms with van der Waals surface area (Å²) >= 11 is 5.19. The number of H-pyrrole nitrogens is 1. The number of anilines is 1. The predicted molar refractivity (Wildman–Crippen MR) is 99.7 cm³/mol. The van der Waals surface area contributed by atoms with Crippen molar-refractivity contribution in [3.63, 3.8) is 0 Å². The lowest BCUT2D eigenvalue weighted by molar-refractivity contribution is -0.116. The number of benzene rings is 1. The van der Waals surface area contributed by atoms with Crippen molar-refractivity contribution >= 4 is 23.9 Å². The fourth-order valence-corrected chi connectivity index (χ4v) is 2.74. The molecule has 0 saturated heterocycles. The second-order valence-electron chi connectivity index (χ2n) is 5.63. The van der Waals surface area contributed by atoms with Crippen molar-refractivity contribution in [3.05, 3.63) is 59.3 Å². The molecule has 2 aromatic heterocycles. The van der Waals surface area contributed by atoms with Crippen molar-refractivity contribution in [1.82, 2.24) is 19.7 Å². The maximum Gasteiger partial charge on any atom is 0.245 e. The number of amides is 1. The standard InChI is InChI=1S/C18H19N5OS/c1-2-6-16-21-22-18(25)23(16)12-17(24)20-15-10-9-14(11-19-15)13-7-4-3-5-8-13/h3-5,7-11H,2,6,12H2,1H3,(H,22,25)(H,19,20,24). The number of pyridine rings is 1. The first-order chi connectivity index (χ1) is 12.2. The third kappa shape index (κ3) is 4.19. The Kier molecular flexibility index (Phi) is 5.35. The summed E-state index contributed by atoms with van der Waals surface area (Å²) < 4.78 is 2.16. The Labute approximate surface area is 150 Å². The molecule has 25 heavy (non-hydrogen) atoms. The summed E-state index contributed by atoms with van der Waals surface area (Å²) in [5.41, 5.74) is 2.09. The summed E-state index contributed by atoms with van der Waals surface area (Å²) in [4.78, 5) is 16.6. The summed E-state index contributed by atoms with van der Waals surface area (Å²) in [5.74, 6) is 1.11. The van der Waals surface area contributed by atoms with E-state index >= 15 is 0 Å². The van der Waals surface area contributed by atoms with Crippen LogP contribution >= 0.6 is 12.2 Å². The van der Waals surface area contributed by atoms with Gasteiger partial charge >= 0.3 is 0 Å². The highest BCUT2D eigenvalue weighted by Gasteiger charge is 2.10. The van der Waals surface area contributed by atoms with E-state index in [1.54, 1.807) is 16.8 Å². The summed E-state index contributed by atoms with van der Waals surface area (Å²) in [5, 5.41) is 9.69. The second kappa shape index (κ2) is 7.85. The average Bonchev–Trinajstić information content (AvgIpc) is 2.97. The van der Waals surface area contributed by atoms with Crippen molar-refractivity contribution in [1.29, 1.82) is 0 Å². The highest BCUT2D eigenvalue weighted by Crippen LogP contribution is 2.19. The lowest BCUT2D eigenvalue weighted by atomic mass is 10.1. The number of carbonyl (C=O) groups excluding carboxylic acids is 1. The van der Waals surface area contributed by atoms with Crippen molar-refractivity contribution in [2.24, 2.45) is 0 Å². The van der Waals surface area contributed by atoms with Crippen LogP contribution in [0.25, 0.3) is 11.1 Å². The van der Waals surface area contributed by atoms with E-state index < -0.39 is 0 Å². The Morgan fingerprint density at radius 3 is 2.68 bits per heavy atom. The quantitative estimate of drug-likeness (QED) is 0.664. The van der Waals surface area contributed by atoms with Crippen molar-refractivity contribution < 1.29 is 4.79 Å². The number of aryl methyl sites for hydroxylation is 1. The van der Waals surface area contributed by atoms with Gasteiger partial charge in [0.15, 0.2) is 4.77 Å². The Morgan fingerprint density at radius 2 is 2.00 bits per heavy atom. The second-order valence-corrected chi connectivity index (χ2v) is 6.01. The van der Waals surface area contributed by atoms with Gasteiger partial charge in [-0.15, -0.1) is 0 Å². The molecule has 128 valence electrons. The summed E-state index contributed by atoms with van der Waals surface area (Å²) in [6, 6.07) is 13.7. The van der Waals surface area contributed by atoms with Gasteiger partial charge in [-0.25, -0.2) is 4.98 Å². The molecule has 0 atom stereocenters. The Bertz CT molecular complexity index is 899. The van der Waals surface area contributed by atoms with E-state index in [1.807, 2.05) is 36.4 Å². The molecule has 0 saturated carbocycles. The van der Waals surface area contributed by atoms with Gasteiger partial charge in [0.1, 0.15) is 18.2 Å². The van der Waals surface area contributed by atoms with E-state index in [0.29, 0.717) is 10.6 Å². The van der Waals surface area contributed by atoms with Crippen LogP contribution in [0.15, 0.2) is 48.7 Å². The third-order valence-corrected chi connectivity index (χ3v) is 4.06. The lowest BCUT2D eigenvalue weighted by Crippen LogP contribution is -2.20. The molecule has 3 aromatic rings. The summed E-state index contributed by atoms with van der Waals surface area (Å²) in [6.07, 6.45) is 3.45. The maximum atomic E-state index is 12.3. The van der Waals surface area contributed by atoms with Crippen LogP contribution in [0.1, 0.15) is 19.2 Å². The van der Waals surface area contributed by atoms with Gasteiger partial charge in [-0.2, -0.15) is 5.10 Å². The zero-order valence-electron chi connectivity index (χ0n) is 13.9. The van der Waals surface area contributed by atoms with Crippen LogP contribution in [0.2, 0.25) is 0 Å². The van der Waals surface area contributed by atoms with Crippen LogP contribution in [-0.4, -0.2) is 25.7 Å². The molecule has 0 aliphatic carbocycles. The summed E-state index contributed by atoms with van der Waals surface area (Å²) in [7, 11) is 0. The third-order valence-electron chi connectivity index (χ3n) is 3.75. The molecule has 2 N–H and O–H groups in total. The van der Waals surface area contributed by atoms with E-state index in [-0.39, 0.29) is 12.5 Å². The predicted octanol–water partition coefficient (Wildman–Crippen LogP) is 3.59. The molecule has 1 aromatic carbocycles. The number of hydrogen-bond acceptors (Lipinski definition) is 4. The number of carbonyl (C=O) groups is 1. The molecule has 3 rings (SSSR count). The van der Waals surface area contributed by atoms with E-state index in [4.69, 9.17) is 12.2 Å². The fraction of sp³-hybridized carbons (Fsp3) is 0.222. The van der Waals surface area contributed by atoms with E-state index in [2.05, 4.69) is 27.4 Å². The zero-order chi connectivity index (χ0) is 17.6. The number of aromatic nitrogens is 4. The molecule has 6 nitrogen and oxygen atoms in total. The molecular formula is C18H19N5OS. The van der Waals surface area contributed by atoms with Crippen LogP contribution in [0, 0.1) is 4.77 Å². The minimum absolute atomic E-state index is 0.118. The van der Waals surface area contributed by atoms with Crippen LogP contribution in [0.5, 0.6) is 0 Å². The Morgan fingerprint density at radius 1 is 1.20 bits per heavy atom. The Balaban J connectivity index is 1.67. The SMILES string of the molecule is CCCc1n[nH]c(=S)n1CC(=O)Nc1ccc(-c2ccccc2)cn1. The van der Waals surface area contributed by atoms with Crippen molar-refractivity contribution in [2.45, 2.75) is 26.3 Å². The number of nitrogens with one attached hydrogen (secondary N) is 2. The molecule has 1 amide bonds. The highest BCUT2D eigenvalue weighted by molar-refractivity contribution is 7.71. The van der Waals surface area contributed by atoms with Crippen molar-refractivity contribution in [3.8, 4) is 11.1 Å². The maximum absolute atomic E-state index is 12.3. The summed E-state index contributed by atoms with van der Waals surface area (Å²) in [6.45, 7) is 2.17. The van der Waals surface area contributed by atoms with Gasteiger partial charge < -0.3 is 5.32 Å². The largest absolute Gasteiger partial charge is 0.309 e. The zero-order valence-corrected chi connectivity index (χ0v) is 14.7. The number of nitrogens with zero attached hydrogens (tertiary/aromatic N) is 3. The van der Waals surface area contributed by atoms with Gasteiger partial charge in [-0.1, -0.05) is 37.3 Å². The van der Waals surface area contributed by atoms with Gasteiger partial charge in [-0.05, 0) is 36.3 Å². The van der Waals surface area contributed by atoms with Gasteiger partial charge in [0.25, 0.3) is 0 Å². The molecule has 0 aliphatic rings. The topological polar surface area (TPSA) is 75.6 Å². The lowest BCUT2D eigenvalue weighted by Gasteiger charge is -2.08. The van der Waals surface area contributed by atoms with E-state index in [0.717, 1.165) is 29.8 Å². The van der Waals surface area contributed by atoms with Gasteiger partial charge in [0.05, 0.1) is 0 Å². The molecule has 2 heterocycles. The highest BCUT2D eigenvalue weighted by atomic mass is 32.1. The molecule has 0 spiro atoms. The molecule has 7 heteroatoms. The smallest absolute Gasteiger partial charge is 0.245 e. The molecule has 0 radical (unpaired) electrons. The minimum atomic E-state index is -0.185. The van der Waals surface area contributed by atoms with Crippen LogP contribution < -0.4 is 5.32 Å². The first-order valence-corrected chi connectivity index (χ1v) is 8.53. The van der Waals surface area contributed by atoms with E-state index in [9.17, 15) is 4.79 Å². The first kappa shape index (κ1) is 17.0. The van der Waals surface area contributed by atoms with Gasteiger partial charge in [0, 0.05) is 18.2 Å². The molecule has 0 unspecified atom stereocenters. The number of aromatic amines is 1. The normalized spacial score (nSPS) is 10.6. The van der Waals surface area contributed by atoms with Crippen LogP contribution in [0.4, 0.5) is 5.82 Å². The molecule has 0 fully saturated rings. The van der Waals surface area contributed by atoms with Gasteiger partial charge in [0.2, 0.25) is 5.91 Å². The minimum Gasteiger partial charge on any atom is -0.309 e. The molecule has 0 aliphatic heterocycles. The number of rotatable bonds is 6. The molecule has 0 bridgehead atoms. The van der Waals surface area contributed by atoms with Crippen LogP contribution in [-0.2, 0) is 17.8 Å². The van der Waals surface area contributed by atoms with Crippen molar-refractivity contribution in [2.75, 3.05) is 5.32 Å². The first-order valence-electron chi connectivity index (χ1n) is 8.12. The van der Waals surface area contributed by atoms with Gasteiger partial charge in [-0.3, -0.25) is 14.5 Å². The monoisotopic (exact) mass is 353 g/mol. The number of hydrogen-bond donors (Lipinski definition) is 2. The average molecular weight is 353 g/mol. The molecular weight excluding hydrogens is 334 g/mol. The van der Waals surface area contributed by atoms with E-state index in [1.165, 1.54) is 0 Å². The fourth-order valence-electron chi connectivity index (χ4n) is 2.52. The van der Waals surface area contributed by atoms with Crippen LogP contribution in [0.3, 0.4) is 0 Å². The Hall–Kier alpha value is -2.80.